The molecule has 1 atom stereocenters. The SMILES string of the molecule is CN(C)c1ccc(C(C#N)CC(=O)c2ccc(Cl)cc2)cc1. The number of anilines is 1. The molecular weight excluding hydrogens is 296 g/mol. The first-order chi connectivity index (χ1) is 10.5. The van der Waals surface area contributed by atoms with E-state index in [1.54, 1.807) is 24.3 Å². The number of hydrogen-bond acceptors (Lipinski definition) is 3. The summed E-state index contributed by atoms with van der Waals surface area (Å²) in [6.07, 6.45) is 0.166. The van der Waals surface area contributed by atoms with Crippen molar-refractivity contribution >= 4 is 23.1 Å². The van der Waals surface area contributed by atoms with Gasteiger partial charge >= 0.3 is 0 Å². The molecule has 2 aromatic rings. The number of ketones is 1. The van der Waals surface area contributed by atoms with Gasteiger partial charge in [0.05, 0.1) is 12.0 Å². The molecule has 0 aliphatic heterocycles. The third kappa shape index (κ3) is 3.87. The molecule has 0 aliphatic carbocycles. The molecule has 0 radical (unpaired) electrons. The quantitative estimate of drug-likeness (QED) is 0.774. The van der Waals surface area contributed by atoms with E-state index >= 15 is 0 Å². The normalized spacial score (nSPS) is 11.5. The van der Waals surface area contributed by atoms with E-state index < -0.39 is 5.92 Å². The van der Waals surface area contributed by atoms with Crippen LogP contribution in [-0.4, -0.2) is 19.9 Å². The van der Waals surface area contributed by atoms with E-state index in [0.29, 0.717) is 10.6 Å². The van der Waals surface area contributed by atoms with Crippen LogP contribution in [0.2, 0.25) is 5.02 Å². The number of benzene rings is 2. The fourth-order valence-corrected chi connectivity index (χ4v) is 2.31. The van der Waals surface area contributed by atoms with Gasteiger partial charge in [-0.25, -0.2) is 0 Å². The maximum Gasteiger partial charge on any atom is 0.164 e. The molecule has 0 fully saturated rings. The third-order valence-corrected chi connectivity index (χ3v) is 3.78. The minimum absolute atomic E-state index is 0.0556. The van der Waals surface area contributed by atoms with Gasteiger partial charge in [0.25, 0.3) is 0 Å². The van der Waals surface area contributed by atoms with Crippen LogP contribution in [-0.2, 0) is 0 Å². The second-order valence-corrected chi connectivity index (χ2v) is 5.74. The number of nitrogens with zero attached hydrogens (tertiary/aromatic N) is 2. The maximum atomic E-state index is 12.3. The maximum absolute atomic E-state index is 12.3. The fourth-order valence-electron chi connectivity index (χ4n) is 2.18. The van der Waals surface area contributed by atoms with E-state index in [0.717, 1.165) is 11.3 Å². The van der Waals surface area contributed by atoms with Gasteiger partial charge in [-0.15, -0.1) is 0 Å². The summed E-state index contributed by atoms with van der Waals surface area (Å²) >= 11 is 5.82. The number of hydrogen-bond donors (Lipinski definition) is 0. The van der Waals surface area contributed by atoms with E-state index in [9.17, 15) is 10.1 Å². The lowest BCUT2D eigenvalue weighted by atomic mass is 9.92. The Labute approximate surface area is 135 Å². The van der Waals surface area contributed by atoms with Crippen LogP contribution < -0.4 is 4.90 Å². The van der Waals surface area contributed by atoms with Crippen molar-refractivity contribution in [2.75, 3.05) is 19.0 Å². The summed E-state index contributed by atoms with van der Waals surface area (Å²) < 4.78 is 0. The molecule has 3 nitrogen and oxygen atoms in total. The Bertz CT molecular complexity index is 685. The van der Waals surface area contributed by atoms with Crippen LogP contribution in [0.1, 0.15) is 28.3 Å². The van der Waals surface area contributed by atoms with Crippen molar-refractivity contribution in [1.82, 2.24) is 0 Å². The van der Waals surface area contributed by atoms with Gasteiger partial charge in [0.2, 0.25) is 0 Å². The number of halogens is 1. The standard InChI is InChI=1S/C18H17ClN2O/c1-21(2)17-9-5-13(6-10-17)15(12-20)11-18(22)14-3-7-16(19)8-4-14/h3-10,15H,11H2,1-2H3. The van der Waals surface area contributed by atoms with Crippen LogP contribution in [0.3, 0.4) is 0 Å². The summed E-state index contributed by atoms with van der Waals surface area (Å²) in [5.41, 5.74) is 2.49. The van der Waals surface area contributed by atoms with Gasteiger partial charge in [-0.05, 0) is 42.0 Å². The first-order valence-electron chi connectivity index (χ1n) is 6.97. The molecule has 0 N–H and O–H groups in total. The van der Waals surface area contributed by atoms with Gasteiger partial charge in [0, 0.05) is 36.8 Å². The van der Waals surface area contributed by atoms with Crippen LogP contribution in [0, 0.1) is 11.3 Å². The zero-order valence-corrected chi connectivity index (χ0v) is 13.3. The average Bonchev–Trinajstić information content (AvgIpc) is 2.53. The van der Waals surface area contributed by atoms with Crippen LogP contribution in [0.5, 0.6) is 0 Å². The fraction of sp³-hybridized carbons (Fsp3) is 0.222. The van der Waals surface area contributed by atoms with Crippen molar-refractivity contribution < 1.29 is 4.79 Å². The monoisotopic (exact) mass is 312 g/mol. The topological polar surface area (TPSA) is 44.1 Å². The molecule has 112 valence electrons. The summed E-state index contributed by atoms with van der Waals surface area (Å²) in [7, 11) is 3.92. The molecule has 2 rings (SSSR count). The van der Waals surface area contributed by atoms with E-state index in [1.807, 2.05) is 43.3 Å². The van der Waals surface area contributed by atoms with E-state index in [2.05, 4.69) is 6.07 Å². The molecule has 0 saturated heterocycles. The van der Waals surface area contributed by atoms with E-state index in [1.165, 1.54) is 0 Å². The summed E-state index contributed by atoms with van der Waals surface area (Å²) in [5, 5.41) is 9.95. The predicted molar refractivity (Wildman–Crippen MR) is 89.5 cm³/mol. The third-order valence-electron chi connectivity index (χ3n) is 3.52. The lowest BCUT2D eigenvalue weighted by Gasteiger charge is -2.14. The Morgan fingerprint density at radius 1 is 1.14 bits per heavy atom. The molecule has 1 unspecified atom stereocenters. The van der Waals surface area contributed by atoms with Gasteiger partial charge in [-0.3, -0.25) is 4.79 Å². The van der Waals surface area contributed by atoms with Gasteiger partial charge in [0.1, 0.15) is 0 Å². The molecule has 0 bridgehead atoms. The van der Waals surface area contributed by atoms with Gasteiger partial charge < -0.3 is 4.90 Å². The summed E-state index contributed by atoms with van der Waals surface area (Å²) in [6, 6.07) is 16.7. The van der Waals surface area contributed by atoms with Crippen LogP contribution in [0.4, 0.5) is 5.69 Å². The molecule has 0 aliphatic rings. The highest BCUT2D eigenvalue weighted by Crippen LogP contribution is 2.24. The van der Waals surface area contributed by atoms with Crippen LogP contribution in [0.15, 0.2) is 48.5 Å². The lowest BCUT2D eigenvalue weighted by molar-refractivity contribution is 0.0979. The largest absolute Gasteiger partial charge is 0.378 e. The zero-order valence-electron chi connectivity index (χ0n) is 12.6. The number of carbonyl (C=O) groups excluding carboxylic acids is 1. The number of nitriles is 1. The van der Waals surface area contributed by atoms with E-state index in [4.69, 9.17) is 11.6 Å². The van der Waals surface area contributed by atoms with Crippen molar-refractivity contribution in [1.29, 1.82) is 5.26 Å². The average molecular weight is 313 g/mol. The second-order valence-electron chi connectivity index (χ2n) is 5.30. The molecule has 2 aromatic carbocycles. The molecule has 22 heavy (non-hydrogen) atoms. The van der Waals surface area contributed by atoms with Gasteiger partial charge in [0.15, 0.2) is 5.78 Å². The summed E-state index contributed by atoms with van der Waals surface area (Å²) in [5.74, 6) is -0.501. The number of Topliss-reactive ketones (excluding diaryl/α,β-unsaturated/α-hetero) is 1. The second kappa shape index (κ2) is 7.11. The van der Waals surface area contributed by atoms with Crippen molar-refractivity contribution in [2.24, 2.45) is 0 Å². The Morgan fingerprint density at radius 2 is 1.73 bits per heavy atom. The van der Waals surface area contributed by atoms with Crippen molar-refractivity contribution in [3.63, 3.8) is 0 Å². The number of rotatable bonds is 5. The smallest absolute Gasteiger partial charge is 0.164 e. The highest BCUT2D eigenvalue weighted by atomic mass is 35.5. The highest BCUT2D eigenvalue weighted by Gasteiger charge is 2.17. The molecule has 0 heterocycles. The molecule has 0 amide bonds. The Balaban J connectivity index is 2.13. The molecule has 0 aromatic heterocycles. The zero-order chi connectivity index (χ0) is 16.1. The van der Waals surface area contributed by atoms with Crippen LogP contribution in [0.25, 0.3) is 0 Å². The van der Waals surface area contributed by atoms with Gasteiger partial charge in [-0.1, -0.05) is 23.7 Å². The van der Waals surface area contributed by atoms with Crippen LogP contribution >= 0.6 is 11.6 Å². The van der Waals surface area contributed by atoms with Crippen molar-refractivity contribution in [2.45, 2.75) is 12.3 Å². The minimum Gasteiger partial charge on any atom is -0.378 e. The number of carbonyl (C=O) groups is 1. The molecule has 0 saturated carbocycles. The first-order valence-corrected chi connectivity index (χ1v) is 7.34. The molecule has 0 spiro atoms. The summed E-state index contributed by atoms with van der Waals surface area (Å²) in [4.78, 5) is 14.3. The molecule has 4 heteroatoms. The highest BCUT2D eigenvalue weighted by molar-refractivity contribution is 6.30. The molecular formula is C18H17ClN2O. The van der Waals surface area contributed by atoms with E-state index in [-0.39, 0.29) is 12.2 Å². The Kier molecular flexibility index (Phi) is 5.19. The van der Waals surface area contributed by atoms with Crippen molar-refractivity contribution in [3.8, 4) is 6.07 Å². The summed E-state index contributed by atoms with van der Waals surface area (Å²) in [6.45, 7) is 0. The first kappa shape index (κ1) is 16.1. The Morgan fingerprint density at radius 3 is 2.23 bits per heavy atom. The Hall–Kier alpha value is -2.31. The van der Waals surface area contributed by atoms with Crippen molar-refractivity contribution in [3.05, 3.63) is 64.7 Å². The predicted octanol–water partition coefficient (Wildman–Crippen LogP) is 4.29. The van der Waals surface area contributed by atoms with Gasteiger partial charge in [-0.2, -0.15) is 5.26 Å². The minimum atomic E-state index is -0.445. The lowest BCUT2D eigenvalue weighted by Crippen LogP contribution is -2.09.